The van der Waals surface area contributed by atoms with E-state index in [9.17, 15) is 4.79 Å². The number of anilines is 1. The zero-order valence-electron chi connectivity index (χ0n) is 20.9. The quantitative estimate of drug-likeness (QED) is 0.437. The molecule has 3 aromatic rings. The number of rotatable bonds is 7. The van der Waals surface area contributed by atoms with E-state index < -0.39 is 6.17 Å². The summed E-state index contributed by atoms with van der Waals surface area (Å²) in [6.07, 6.45) is -0.952. The van der Waals surface area contributed by atoms with Gasteiger partial charge in [-0.2, -0.15) is 0 Å². The summed E-state index contributed by atoms with van der Waals surface area (Å²) in [5, 5.41) is 7.01. The molecule has 0 radical (unpaired) electrons. The van der Waals surface area contributed by atoms with Gasteiger partial charge in [0.2, 0.25) is 11.9 Å². The number of methoxy groups -OCH3 is 3. The van der Waals surface area contributed by atoms with Gasteiger partial charge in [0.25, 0.3) is 5.91 Å². The Hall–Kier alpha value is -3.82. The van der Waals surface area contributed by atoms with E-state index in [1.165, 1.54) is 0 Å². The van der Waals surface area contributed by atoms with E-state index in [1.54, 1.807) is 39.3 Å². The summed E-state index contributed by atoms with van der Waals surface area (Å²) in [4.78, 5) is 19.8. The van der Waals surface area contributed by atoms with Crippen molar-refractivity contribution in [2.75, 3.05) is 33.3 Å². The highest BCUT2D eigenvalue weighted by Gasteiger charge is 2.30. The number of carbonyl (C=O) groups is 1. The van der Waals surface area contributed by atoms with Crippen LogP contribution in [0.25, 0.3) is 0 Å². The van der Waals surface area contributed by atoms with E-state index >= 15 is 0 Å². The number of fused-ring (bicyclic) bond motifs is 1. The molecule has 37 heavy (non-hydrogen) atoms. The van der Waals surface area contributed by atoms with Crippen molar-refractivity contribution >= 4 is 46.2 Å². The molecule has 0 aliphatic carbocycles. The SMILES string of the molecule is COc1cc(CNC(=S)NC2N=C(c3ccccc3)c3cc(Cl)ccc3N(C)C2=O)cc(OC)c1OC. The summed E-state index contributed by atoms with van der Waals surface area (Å²) in [5.74, 6) is 1.31. The molecular formula is C27H27ClN4O4S. The van der Waals surface area contributed by atoms with Crippen molar-refractivity contribution in [2.24, 2.45) is 4.99 Å². The molecule has 4 rings (SSSR count). The van der Waals surface area contributed by atoms with Gasteiger partial charge in [0.05, 0.1) is 32.7 Å². The van der Waals surface area contributed by atoms with Gasteiger partial charge in [-0.3, -0.25) is 4.79 Å². The Balaban J connectivity index is 1.59. The molecule has 1 aliphatic rings. The number of carbonyl (C=O) groups excluding carboxylic acids is 1. The lowest BCUT2D eigenvalue weighted by Crippen LogP contribution is -2.49. The second kappa shape index (κ2) is 11.5. The molecular weight excluding hydrogens is 512 g/mol. The van der Waals surface area contributed by atoms with Crippen LogP contribution < -0.4 is 29.7 Å². The molecule has 0 saturated carbocycles. The van der Waals surface area contributed by atoms with Crippen LogP contribution >= 0.6 is 23.8 Å². The van der Waals surface area contributed by atoms with Crippen molar-refractivity contribution in [3.05, 3.63) is 82.4 Å². The van der Waals surface area contributed by atoms with Gasteiger partial charge in [0.1, 0.15) is 0 Å². The summed E-state index contributed by atoms with van der Waals surface area (Å²) in [6.45, 7) is 0.352. The lowest BCUT2D eigenvalue weighted by atomic mass is 10.0. The molecule has 0 saturated heterocycles. The van der Waals surface area contributed by atoms with Crippen LogP contribution in [0.3, 0.4) is 0 Å². The molecule has 0 fully saturated rings. The Morgan fingerprint density at radius 1 is 1.03 bits per heavy atom. The van der Waals surface area contributed by atoms with E-state index in [-0.39, 0.29) is 11.0 Å². The maximum atomic E-state index is 13.4. The fourth-order valence-electron chi connectivity index (χ4n) is 4.06. The minimum Gasteiger partial charge on any atom is -0.493 e. The highest BCUT2D eigenvalue weighted by molar-refractivity contribution is 7.80. The number of thiocarbonyl (C=S) groups is 1. The molecule has 1 atom stereocenters. The number of nitrogens with zero attached hydrogens (tertiary/aromatic N) is 2. The summed E-state index contributed by atoms with van der Waals surface area (Å²) < 4.78 is 16.2. The maximum Gasteiger partial charge on any atom is 0.272 e. The second-order valence-corrected chi connectivity index (χ2v) is 9.01. The molecule has 0 spiro atoms. The summed E-state index contributed by atoms with van der Waals surface area (Å²) in [7, 11) is 6.37. The number of aliphatic imine (C=N–C) groups is 1. The lowest BCUT2D eigenvalue weighted by Gasteiger charge is -2.22. The fourth-order valence-corrected chi connectivity index (χ4v) is 4.42. The van der Waals surface area contributed by atoms with Crippen LogP contribution in [0.5, 0.6) is 17.2 Å². The van der Waals surface area contributed by atoms with Gasteiger partial charge in [-0.1, -0.05) is 41.9 Å². The van der Waals surface area contributed by atoms with Gasteiger partial charge in [-0.15, -0.1) is 0 Å². The normalized spacial score (nSPS) is 14.7. The number of halogens is 1. The Bertz CT molecular complexity index is 1320. The maximum absolute atomic E-state index is 13.4. The molecule has 0 aromatic heterocycles. The first-order valence-corrected chi connectivity index (χ1v) is 12.2. The molecule has 1 heterocycles. The van der Waals surface area contributed by atoms with Crippen LogP contribution in [-0.2, 0) is 11.3 Å². The molecule has 0 bridgehead atoms. The van der Waals surface area contributed by atoms with Crippen molar-refractivity contribution < 1.29 is 19.0 Å². The summed E-state index contributed by atoms with van der Waals surface area (Å²) in [6, 6.07) is 18.7. The molecule has 1 aliphatic heterocycles. The van der Waals surface area contributed by atoms with Gasteiger partial charge in [-0.25, -0.2) is 4.99 Å². The molecule has 3 aromatic carbocycles. The van der Waals surface area contributed by atoms with Gasteiger partial charge in [0, 0.05) is 29.7 Å². The Morgan fingerprint density at radius 3 is 2.32 bits per heavy atom. The molecule has 1 amide bonds. The van der Waals surface area contributed by atoms with E-state index in [4.69, 9.17) is 43.0 Å². The number of hydrogen-bond acceptors (Lipinski definition) is 6. The Morgan fingerprint density at radius 2 is 1.70 bits per heavy atom. The van der Waals surface area contributed by atoms with Crippen LogP contribution in [0.1, 0.15) is 16.7 Å². The van der Waals surface area contributed by atoms with Crippen molar-refractivity contribution in [2.45, 2.75) is 12.7 Å². The van der Waals surface area contributed by atoms with Crippen LogP contribution in [-0.4, -0.2) is 51.3 Å². The molecule has 192 valence electrons. The number of nitrogens with one attached hydrogen (secondary N) is 2. The van der Waals surface area contributed by atoms with Gasteiger partial charge in [0.15, 0.2) is 16.6 Å². The number of benzodiazepines with no additional fused rings is 1. The number of hydrogen-bond donors (Lipinski definition) is 2. The molecule has 2 N–H and O–H groups in total. The third-order valence-electron chi connectivity index (χ3n) is 5.89. The lowest BCUT2D eigenvalue weighted by molar-refractivity contribution is -0.119. The predicted octanol–water partition coefficient (Wildman–Crippen LogP) is 4.17. The fraction of sp³-hybridized carbons (Fsp3) is 0.222. The Kier molecular flexibility index (Phi) is 8.15. The van der Waals surface area contributed by atoms with Crippen LogP contribution in [0.15, 0.2) is 65.7 Å². The number of likely N-dealkylation sites (N-methyl/N-ethyl adjacent to an activating group) is 1. The first-order chi connectivity index (χ1) is 17.9. The molecule has 10 heteroatoms. The summed E-state index contributed by atoms with van der Waals surface area (Å²) in [5.41, 5.74) is 3.81. The number of amides is 1. The largest absolute Gasteiger partial charge is 0.493 e. The summed E-state index contributed by atoms with van der Waals surface area (Å²) >= 11 is 11.9. The van der Waals surface area contributed by atoms with Crippen molar-refractivity contribution in [1.29, 1.82) is 0 Å². The topological polar surface area (TPSA) is 84.4 Å². The van der Waals surface area contributed by atoms with E-state index in [1.807, 2.05) is 54.6 Å². The third-order valence-corrected chi connectivity index (χ3v) is 6.39. The second-order valence-electron chi connectivity index (χ2n) is 8.17. The van der Waals surface area contributed by atoms with E-state index in [0.29, 0.717) is 40.2 Å². The standard InChI is InChI=1S/C27H27ClN4O4S/c1-32-20-11-10-18(28)14-19(20)23(17-8-6-5-7-9-17)30-25(26(32)33)31-27(37)29-15-16-12-21(34-2)24(36-4)22(13-16)35-3/h5-14,25H,15H2,1-4H3,(H2,29,31,37). The van der Waals surface area contributed by atoms with E-state index in [0.717, 1.165) is 16.7 Å². The van der Waals surface area contributed by atoms with Gasteiger partial charge in [-0.05, 0) is 48.1 Å². The highest BCUT2D eigenvalue weighted by Crippen LogP contribution is 2.38. The van der Waals surface area contributed by atoms with Crippen molar-refractivity contribution in [1.82, 2.24) is 10.6 Å². The van der Waals surface area contributed by atoms with Gasteiger partial charge >= 0.3 is 0 Å². The van der Waals surface area contributed by atoms with E-state index in [2.05, 4.69) is 10.6 Å². The first-order valence-electron chi connectivity index (χ1n) is 11.4. The van der Waals surface area contributed by atoms with Crippen molar-refractivity contribution in [3.63, 3.8) is 0 Å². The third kappa shape index (κ3) is 5.63. The zero-order valence-corrected chi connectivity index (χ0v) is 22.4. The predicted molar refractivity (Wildman–Crippen MR) is 149 cm³/mol. The molecule has 1 unspecified atom stereocenters. The molecule has 8 nitrogen and oxygen atoms in total. The van der Waals surface area contributed by atoms with Gasteiger partial charge < -0.3 is 29.7 Å². The minimum atomic E-state index is -0.952. The van der Waals surface area contributed by atoms with Crippen molar-refractivity contribution in [3.8, 4) is 17.2 Å². The number of benzene rings is 3. The highest BCUT2D eigenvalue weighted by atomic mass is 35.5. The average molecular weight is 539 g/mol. The minimum absolute atomic E-state index is 0.258. The number of ether oxygens (including phenoxy) is 3. The van der Waals surface area contributed by atoms with Crippen LogP contribution in [0.2, 0.25) is 5.02 Å². The zero-order chi connectivity index (χ0) is 26.5. The average Bonchev–Trinajstić information content (AvgIpc) is 3.01. The first kappa shape index (κ1) is 26.2. The van der Waals surface area contributed by atoms with Crippen LogP contribution in [0, 0.1) is 0 Å². The van der Waals surface area contributed by atoms with Crippen LogP contribution in [0.4, 0.5) is 5.69 Å². The monoisotopic (exact) mass is 538 g/mol. The Labute approximate surface area is 226 Å². The smallest absolute Gasteiger partial charge is 0.272 e.